The topological polar surface area (TPSA) is 66.5 Å². The minimum absolute atomic E-state index is 0.0903. The molecule has 0 unspecified atom stereocenters. The number of likely N-dealkylation sites (tertiary alicyclic amines) is 1. The number of carbonyl (C=O) groups excluding carboxylic acids is 3. The highest BCUT2D eigenvalue weighted by Gasteiger charge is 2.39. The predicted molar refractivity (Wildman–Crippen MR) is 81.2 cm³/mol. The summed E-state index contributed by atoms with van der Waals surface area (Å²) >= 11 is 5.84. The normalized spacial score (nSPS) is 21.0. The summed E-state index contributed by atoms with van der Waals surface area (Å²) in [6, 6.07) is 6.61. The van der Waals surface area contributed by atoms with Crippen molar-refractivity contribution in [2.75, 3.05) is 0 Å². The second kappa shape index (κ2) is 6.08. The second-order valence-electron chi connectivity index (χ2n) is 5.81. The molecule has 2 fully saturated rings. The third-order valence-electron chi connectivity index (χ3n) is 4.03. The zero-order valence-electron chi connectivity index (χ0n) is 12.0. The molecule has 1 aliphatic carbocycles. The van der Waals surface area contributed by atoms with Crippen molar-refractivity contribution in [1.29, 1.82) is 0 Å². The maximum absolute atomic E-state index is 12.3. The highest BCUT2D eigenvalue weighted by atomic mass is 35.5. The molecular formula is C16H17ClN2O3. The molecule has 0 aromatic heterocycles. The van der Waals surface area contributed by atoms with Gasteiger partial charge in [0.25, 0.3) is 5.91 Å². The molecule has 22 heavy (non-hydrogen) atoms. The van der Waals surface area contributed by atoms with Crippen LogP contribution in [0, 0.1) is 0 Å². The summed E-state index contributed by atoms with van der Waals surface area (Å²) in [5.74, 6) is -1.16. The van der Waals surface area contributed by atoms with E-state index in [0.717, 1.165) is 18.4 Å². The van der Waals surface area contributed by atoms with Gasteiger partial charge in [-0.2, -0.15) is 0 Å². The first kappa shape index (κ1) is 15.0. The molecule has 1 saturated heterocycles. The van der Waals surface area contributed by atoms with Crippen LogP contribution in [0.4, 0.5) is 0 Å². The van der Waals surface area contributed by atoms with Crippen LogP contribution < -0.4 is 5.32 Å². The fraction of sp³-hybridized carbons (Fsp3) is 0.438. The van der Waals surface area contributed by atoms with Crippen molar-refractivity contribution < 1.29 is 14.4 Å². The fourth-order valence-electron chi connectivity index (χ4n) is 2.63. The van der Waals surface area contributed by atoms with Gasteiger partial charge in [-0.1, -0.05) is 23.7 Å². The molecule has 2 amide bonds. The van der Waals surface area contributed by atoms with E-state index in [2.05, 4.69) is 5.32 Å². The first-order valence-electron chi connectivity index (χ1n) is 7.43. The Labute approximate surface area is 133 Å². The molecule has 1 saturated carbocycles. The van der Waals surface area contributed by atoms with Crippen molar-refractivity contribution in [2.45, 2.75) is 44.3 Å². The Morgan fingerprint density at radius 2 is 1.86 bits per heavy atom. The van der Waals surface area contributed by atoms with E-state index in [9.17, 15) is 14.4 Å². The van der Waals surface area contributed by atoms with Gasteiger partial charge in [0, 0.05) is 24.0 Å². The molecule has 0 radical (unpaired) electrons. The van der Waals surface area contributed by atoms with Crippen LogP contribution in [0.5, 0.6) is 0 Å². The average Bonchev–Trinajstić information content (AvgIpc) is 3.24. The van der Waals surface area contributed by atoms with Gasteiger partial charge >= 0.3 is 0 Å². The summed E-state index contributed by atoms with van der Waals surface area (Å²) in [6.45, 7) is 0.323. The Hall–Kier alpha value is -1.88. The number of ketones is 1. The summed E-state index contributed by atoms with van der Waals surface area (Å²) in [5, 5.41) is 3.31. The predicted octanol–water partition coefficient (Wildman–Crippen LogP) is 1.68. The zero-order chi connectivity index (χ0) is 15.7. The molecule has 116 valence electrons. The molecular weight excluding hydrogens is 304 g/mol. The molecule has 1 aromatic carbocycles. The van der Waals surface area contributed by atoms with Crippen LogP contribution in [0.2, 0.25) is 5.02 Å². The van der Waals surface area contributed by atoms with Crippen molar-refractivity contribution >= 4 is 29.2 Å². The second-order valence-corrected chi connectivity index (χ2v) is 6.25. The molecule has 6 heteroatoms. The quantitative estimate of drug-likeness (QED) is 0.839. The van der Waals surface area contributed by atoms with Crippen LogP contribution in [-0.4, -0.2) is 34.6 Å². The lowest BCUT2D eigenvalue weighted by Crippen LogP contribution is -2.45. The lowest BCUT2D eigenvalue weighted by Gasteiger charge is -2.23. The Kier molecular flexibility index (Phi) is 4.16. The summed E-state index contributed by atoms with van der Waals surface area (Å²) in [4.78, 5) is 37.7. The van der Waals surface area contributed by atoms with Crippen LogP contribution in [0.25, 0.3) is 0 Å². The number of benzene rings is 1. The van der Waals surface area contributed by atoms with Crippen molar-refractivity contribution in [3.63, 3.8) is 0 Å². The third-order valence-corrected chi connectivity index (χ3v) is 4.29. The van der Waals surface area contributed by atoms with Crippen LogP contribution in [0.15, 0.2) is 24.3 Å². The van der Waals surface area contributed by atoms with E-state index in [0.29, 0.717) is 24.4 Å². The van der Waals surface area contributed by atoms with Gasteiger partial charge in [-0.3, -0.25) is 14.4 Å². The number of amides is 2. The maximum atomic E-state index is 12.3. The van der Waals surface area contributed by atoms with Gasteiger partial charge < -0.3 is 10.2 Å². The van der Waals surface area contributed by atoms with E-state index >= 15 is 0 Å². The molecule has 2 aliphatic rings. The van der Waals surface area contributed by atoms with E-state index in [1.807, 2.05) is 12.1 Å². The Morgan fingerprint density at radius 3 is 2.50 bits per heavy atom. The number of halogens is 1. The molecule has 1 aromatic rings. The fourth-order valence-corrected chi connectivity index (χ4v) is 2.75. The number of nitrogens with one attached hydrogen (secondary N) is 1. The zero-order valence-corrected chi connectivity index (χ0v) is 12.8. The van der Waals surface area contributed by atoms with Gasteiger partial charge in [0.2, 0.25) is 11.7 Å². The van der Waals surface area contributed by atoms with Crippen molar-refractivity contribution in [3.8, 4) is 0 Å². The van der Waals surface area contributed by atoms with Gasteiger partial charge in [0.15, 0.2) is 0 Å². The molecule has 1 N–H and O–H groups in total. The SMILES string of the molecule is O=C(NC1CC1)C(=O)[C@H]1CCC(=O)N1Cc1ccc(Cl)cc1. The maximum Gasteiger partial charge on any atom is 0.289 e. The van der Waals surface area contributed by atoms with E-state index < -0.39 is 17.7 Å². The molecule has 1 atom stereocenters. The lowest BCUT2D eigenvalue weighted by atomic mass is 10.1. The monoisotopic (exact) mass is 320 g/mol. The van der Waals surface area contributed by atoms with Crippen molar-refractivity contribution in [2.24, 2.45) is 0 Å². The largest absolute Gasteiger partial charge is 0.347 e. The van der Waals surface area contributed by atoms with Crippen LogP contribution >= 0.6 is 11.6 Å². The van der Waals surface area contributed by atoms with E-state index in [-0.39, 0.29) is 11.9 Å². The Morgan fingerprint density at radius 1 is 1.18 bits per heavy atom. The van der Waals surface area contributed by atoms with E-state index in [1.165, 1.54) is 4.90 Å². The number of rotatable bonds is 5. The van der Waals surface area contributed by atoms with Crippen molar-refractivity contribution in [1.82, 2.24) is 10.2 Å². The summed E-state index contributed by atoms with van der Waals surface area (Å²) < 4.78 is 0. The van der Waals surface area contributed by atoms with Gasteiger partial charge in [-0.05, 0) is 37.0 Å². The summed E-state index contributed by atoms with van der Waals surface area (Å²) in [5.41, 5.74) is 0.889. The number of hydrogen-bond acceptors (Lipinski definition) is 3. The van der Waals surface area contributed by atoms with Gasteiger partial charge in [-0.25, -0.2) is 0 Å². The van der Waals surface area contributed by atoms with Gasteiger partial charge in [0.05, 0.1) is 0 Å². The highest BCUT2D eigenvalue weighted by Crippen LogP contribution is 2.24. The van der Waals surface area contributed by atoms with Gasteiger partial charge in [0.1, 0.15) is 6.04 Å². The third kappa shape index (κ3) is 3.30. The molecule has 3 rings (SSSR count). The standard InChI is InChI=1S/C16H17ClN2O3/c17-11-3-1-10(2-4-11)9-19-13(7-8-14(19)20)15(21)16(22)18-12-5-6-12/h1-4,12-13H,5-9H2,(H,18,22)/t13-/m1/s1. The molecule has 5 nitrogen and oxygen atoms in total. The molecule has 0 spiro atoms. The average molecular weight is 321 g/mol. The van der Waals surface area contributed by atoms with Crippen LogP contribution in [0.1, 0.15) is 31.2 Å². The van der Waals surface area contributed by atoms with E-state index in [4.69, 9.17) is 11.6 Å². The first-order chi connectivity index (χ1) is 10.5. The van der Waals surface area contributed by atoms with E-state index in [1.54, 1.807) is 12.1 Å². The minimum atomic E-state index is -0.651. The smallest absolute Gasteiger partial charge is 0.289 e. The van der Waals surface area contributed by atoms with Crippen LogP contribution in [0.3, 0.4) is 0 Å². The highest BCUT2D eigenvalue weighted by molar-refractivity contribution is 6.38. The summed E-state index contributed by atoms with van der Waals surface area (Å²) in [6.07, 6.45) is 2.57. The first-order valence-corrected chi connectivity index (χ1v) is 7.81. The Bertz CT molecular complexity index is 610. The molecule has 1 aliphatic heterocycles. The molecule has 1 heterocycles. The Balaban J connectivity index is 1.69. The van der Waals surface area contributed by atoms with Gasteiger partial charge in [-0.15, -0.1) is 0 Å². The van der Waals surface area contributed by atoms with Crippen LogP contribution in [-0.2, 0) is 20.9 Å². The molecule has 0 bridgehead atoms. The number of hydrogen-bond donors (Lipinski definition) is 1. The summed E-state index contributed by atoms with van der Waals surface area (Å²) in [7, 11) is 0. The number of carbonyl (C=O) groups is 3. The minimum Gasteiger partial charge on any atom is -0.347 e. The number of nitrogens with zero attached hydrogens (tertiary/aromatic N) is 1. The van der Waals surface area contributed by atoms with Crippen molar-refractivity contribution in [3.05, 3.63) is 34.9 Å². The lowest BCUT2D eigenvalue weighted by molar-refractivity contribution is -0.143. The number of Topliss-reactive ketones (excluding diaryl/α,β-unsaturated/α-hetero) is 1.